The van der Waals surface area contributed by atoms with Crippen molar-refractivity contribution in [2.45, 2.75) is 26.2 Å². The summed E-state index contributed by atoms with van der Waals surface area (Å²) in [6.07, 6.45) is 2.34. The summed E-state index contributed by atoms with van der Waals surface area (Å²) in [6, 6.07) is 0. The molecule has 0 radical (unpaired) electrons. The number of primary amides is 1. The highest BCUT2D eigenvalue weighted by Crippen LogP contribution is 2.32. The van der Waals surface area contributed by atoms with Crippen molar-refractivity contribution in [1.29, 1.82) is 0 Å². The van der Waals surface area contributed by atoms with E-state index in [0.29, 0.717) is 0 Å². The molecule has 1 aliphatic rings. The number of hydroxylamine groups is 1. The van der Waals surface area contributed by atoms with E-state index in [1.54, 1.807) is 0 Å². The molecule has 1 heterocycles. The fourth-order valence-electron chi connectivity index (χ4n) is 1.93. The first-order valence-corrected chi connectivity index (χ1v) is 5.52. The molecule has 0 aromatic rings. The van der Waals surface area contributed by atoms with Gasteiger partial charge in [-0.3, -0.25) is 14.4 Å². The predicted molar refractivity (Wildman–Crippen MR) is 58.1 cm³/mol. The third kappa shape index (κ3) is 3.18. The van der Waals surface area contributed by atoms with Crippen LogP contribution in [0.2, 0.25) is 0 Å². The van der Waals surface area contributed by atoms with E-state index < -0.39 is 5.91 Å². The lowest BCUT2D eigenvalue weighted by Gasteiger charge is -2.34. The molecule has 4 N–H and O–H groups in total. The SMILES string of the molecule is CCC1(C(=O)NOCC(N)=O)CCNCC1. The van der Waals surface area contributed by atoms with Gasteiger partial charge in [0.1, 0.15) is 0 Å². The quantitative estimate of drug-likeness (QED) is 0.543. The molecule has 6 heteroatoms. The monoisotopic (exact) mass is 229 g/mol. The Kier molecular flexibility index (Phi) is 4.70. The zero-order valence-electron chi connectivity index (χ0n) is 9.54. The van der Waals surface area contributed by atoms with Crippen LogP contribution in [-0.2, 0) is 14.4 Å². The van der Waals surface area contributed by atoms with Crippen LogP contribution in [0.3, 0.4) is 0 Å². The van der Waals surface area contributed by atoms with Gasteiger partial charge in [-0.15, -0.1) is 0 Å². The molecule has 1 rings (SSSR count). The molecule has 6 nitrogen and oxygen atoms in total. The van der Waals surface area contributed by atoms with Gasteiger partial charge in [0.15, 0.2) is 6.61 Å². The summed E-state index contributed by atoms with van der Waals surface area (Å²) in [4.78, 5) is 27.1. The molecule has 1 saturated heterocycles. The third-order valence-electron chi connectivity index (χ3n) is 3.10. The Balaban J connectivity index is 2.45. The minimum Gasteiger partial charge on any atom is -0.368 e. The van der Waals surface area contributed by atoms with Crippen LogP contribution in [0, 0.1) is 5.41 Å². The fourth-order valence-corrected chi connectivity index (χ4v) is 1.93. The number of carbonyl (C=O) groups is 2. The number of piperidine rings is 1. The lowest BCUT2D eigenvalue weighted by atomic mass is 9.76. The van der Waals surface area contributed by atoms with E-state index in [0.717, 1.165) is 32.4 Å². The van der Waals surface area contributed by atoms with E-state index in [-0.39, 0.29) is 17.9 Å². The molecular weight excluding hydrogens is 210 g/mol. The first-order valence-electron chi connectivity index (χ1n) is 5.52. The molecule has 0 atom stereocenters. The van der Waals surface area contributed by atoms with Crippen LogP contribution in [0.5, 0.6) is 0 Å². The van der Waals surface area contributed by atoms with E-state index in [4.69, 9.17) is 10.6 Å². The number of nitrogens with one attached hydrogen (secondary N) is 2. The molecule has 92 valence electrons. The van der Waals surface area contributed by atoms with Crippen LogP contribution in [0.1, 0.15) is 26.2 Å². The summed E-state index contributed by atoms with van der Waals surface area (Å²) in [5.74, 6) is -0.756. The molecule has 0 aliphatic carbocycles. The third-order valence-corrected chi connectivity index (χ3v) is 3.10. The summed E-state index contributed by atoms with van der Waals surface area (Å²) in [5, 5.41) is 3.21. The Hall–Kier alpha value is -1.14. The van der Waals surface area contributed by atoms with Crippen LogP contribution >= 0.6 is 0 Å². The number of carbonyl (C=O) groups excluding carboxylic acids is 2. The molecule has 0 aromatic heterocycles. The second-order valence-corrected chi connectivity index (χ2v) is 4.07. The first kappa shape index (κ1) is 12.9. The highest BCUT2D eigenvalue weighted by molar-refractivity contribution is 5.82. The molecule has 0 spiro atoms. The Labute approximate surface area is 94.8 Å². The van der Waals surface area contributed by atoms with Crippen LogP contribution in [0.15, 0.2) is 0 Å². The predicted octanol–water partition coefficient (Wildman–Crippen LogP) is -0.701. The Morgan fingerprint density at radius 3 is 2.56 bits per heavy atom. The largest absolute Gasteiger partial charge is 0.368 e. The van der Waals surface area contributed by atoms with Gasteiger partial charge < -0.3 is 11.1 Å². The van der Waals surface area contributed by atoms with Crippen LogP contribution in [0.25, 0.3) is 0 Å². The normalized spacial score (nSPS) is 19.1. The number of hydrogen-bond acceptors (Lipinski definition) is 4. The zero-order chi connectivity index (χ0) is 12.0. The lowest BCUT2D eigenvalue weighted by molar-refractivity contribution is -0.148. The van der Waals surface area contributed by atoms with Crippen molar-refractivity contribution in [3.63, 3.8) is 0 Å². The molecule has 0 unspecified atom stereocenters. The molecule has 2 amide bonds. The molecule has 1 fully saturated rings. The van der Waals surface area contributed by atoms with Crippen LogP contribution in [0.4, 0.5) is 0 Å². The molecule has 0 saturated carbocycles. The second kappa shape index (κ2) is 5.81. The maximum atomic E-state index is 11.9. The number of nitrogens with two attached hydrogens (primary N) is 1. The minimum absolute atomic E-state index is 0.155. The summed E-state index contributed by atoms with van der Waals surface area (Å²) in [6.45, 7) is 3.36. The number of hydrogen-bond donors (Lipinski definition) is 3. The average Bonchev–Trinajstić information content (AvgIpc) is 2.29. The molecule has 0 bridgehead atoms. The zero-order valence-corrected chi connectivity index (χ0v) is 9.54. The highest BCUT2D eigenvalue weighted by atomic mass is 16.7. The van der Waals surface area contributed by atoms with Crippen molar-refractivity contribution in [2.75, 3.05) is 19.7 Å². The topological polar surface area (TPSA) is 93.4 Å². The summed E-state index contributed by atoms with van der Waals surface area (Å²) >= 11 is 0. The van der Waals surface area contributed by atoms with Gasteiger partial charge in [-0.2, -0.15) is 0 Å². The van der Waals surface area contributed by atoms with Crippen LogP contribution < -0.4 is 16.5 Å². The van der Waals surface area contributed by atoms with Crippen molar-refractivity contribution < 1.29 is 14.4 Å². The van der Waals surface area contributed by atoms with Crippen molar-refractivity contribution in [3.05, 3.63) is 0 Å². The maximum Gasteiger partial charge on any atom is 0.249 e. The lowest BCUT2D eigenvalue weighted by Crippen LogP contribution is -2.47. The first-order chi connectivity index (χ1) is 7.60. The fraction of sp³-hybridized carbons (Fsp3) is 0.800. The molecule has 1 aliphatic heterocycles. The van der Waals surface area contributed by atoms with Gasteiger partial charge in [-0.05, 0) is 32.4 Å². The van der Waals surface area contributed by atoms with Gasteiger partial charge in [-0.1, -0.05) is 6.92 Å². The Bertz CT molecular complexity index is 262. The maximum absolute atomic E-state index is 11.9. The number of amides is 2. The van der Waals surface area contributed by atoms with E-state index in [2.05, 4.69) is 10.8 Å². The number of rotatable bonds is 5. The average molecular weight is 229 g/mol. The molecule has 0 aromatic carbocycles. The second-order valence-electron chi connectivity index (χ2n) is 4.07. The van der Waals surface area contributed by atoms with Crippen molar-refractivity contribution >= 4 is 11.8 Å². The highest BCUT2D eigenvalue weighted by Gasteiger charge is 2.37. The van der Waals surface area contributed by atoms with Crippen molar-refractivity contribution in [1.82, 2.24) is 10.8 Å². The van der Waals surface area contributed by atoms with Crippen molar-refractivity contribution in [2.24, 2.45) is 11.1 Å². The summed E-state index contributed by atoms with van der Waals surface area (Å²) in [5.41, 5.74) is 6.83. The summed E-state index contributed by atoms with van der Waals surface area (Å²) < 4.78 is 0. The van der Waals surface area contributed by atoms with Gasteiger partial charge in [0.25, 0.3) is 0 Å². The minimum atomic E-state index is -0.601. The van der Waals surface area contributed by atoms with Gasteiger partial charge in [-0.25, -0.2) is 5.48 Å². The van der Waals surface area contributed by atoms with Gasteiger partial charge in [0.05, 0.1) is 5.41 Å². The van der Waals surface area contributed by atoms with Gasteiger partial charge in [0, 0.05) is 0 Å². The van der Waals surface area contributed by atoms with E-state index in [1.807, 2.05) is 6.92 Å². The Morgan fingerprint density at radius 2 is 2.06 bits per heavy atom. The summed E-state index contributed by atoms with van der Waals surface area (Å²) in [7, 11) is 0. The Morgan fingerprint density at radius 1 is 1.44 bits per heavy atom. The smallest absolute Gasteiger partial charge is 0.249 e. The van der Waals surface area contributed by atoms with Crippen molar-refractivity contribution in [3.8, 4) is 0 Å². The standard InChI is InChI=1S/C10H19N3O3/c1-2-10(3-5-12-6-4-10)9(15)13-16-7-8(11)14/h12H,2-7H2,1H3,(H2,11,14)(H,13,15). The van der Waals surface area contributed by atoms with Crippen LogP contribution in [-0.4, -0.2) is 31.5 Å². The van der Waals surface area contributed by atoms with E-state index >= 15 is 0 Å². The molecular formula is C10H19N3O3. The van der Waals surface area contributed by atoms with Gasteiger partial charge in [0.2, 0.25) is 11.8 Å². The van der Waals surface area contributed by atoms with E-state index in [1.165, 1.54) is 0 Å². The van der Waals surface area contributed by atoms with Gasteiger partial charge >= 0.3 is 0 Å². The van der Waals surface area contributed by atoms with E-state index in [9.17, 15) is 9.59 Å². The molecule has 16 heavy (non-hydrogen) atoms.